The van der Waals surface area contributed by atoms with E-state index in [0.29, 0.717) is 12.1 Å². The van der Waals surface area contributed by atoms with Gasteiger partial charge in [0.2, 0.25) is 5.95 Å². The number of anilines is 3. The molecule has 142 valence electrons. The average molecular weight is 374 g/mol. The molecule has 3 aromatic heterocycles. The zero-order valence-electron chi connectivity index (χ0n) is 15.3. The van der Waals surface area contributed by atoms with Crippen molar-refractivity contribution in [2.75, 3.05) is 15.6 Å². The Hall–Kier alpha value is -3.55. The lowest BCUT2D eigenvalue weighted by molar-refractivity contribution is 0.718. The number of nitrogens with one attached hydrogen (secondary N) is 4. The zero-order chi connectivity index (χ0) is 18.8. The number of hydrazine groups is 1. The van der Waals surface area contributed by atoms with Gasteiger partial charge in [-0.1, -0.05) is 0 Å². The summed E-state index contributed by atoms with van der Waals surface area (Å²) in [6.07, 6.45) is 14.6. The Morgan fingerprint density at radius 3 is 2.75 bits per heavy atom. The fourth-order valence-electron chi connectivity index (χ4n) is 3.69. The molecule has 28 heavy (non-hydrogen) atoms. The number of hydrogen-bond acceptors (Lipinski definition) is 7. The van der Waals surface area contributed by atoms with Crippen molar-refractivity contribution in [1.82, 2.24) is 25.4 Å². The molecule has 0 unspecified atom stereocenters. The van der Waals surface area contributed by atoms with Gasteiger partial charge >= 0.3 is 0 Å². The van der Waals surface area contributed by atoms with Gasteiger partial charge in [-0.15, -0.1) is 0 Å². The van der Waals surface area contributed by atoms with Gasteiger partial charge in [-0.3, -0.25) is 5.01 Å². The highest BCUT2D eigenvalue weighted by Crippen LogP contribution is 2.26. The van der Waals surface area contributed by atoms with E-state index in [4.69, 9.17) is 0 Å². The molecule has 0 saturated heterocycles. The first-order valence-electron chi connectivity index (χ1n) is 9.52. The van der Waals surface area contributed by atoms with Crippen LogP contribution in [0.1, 0.15) is 19.3 Å². The lowest BCUT2D eigenvalue weighted by Gasteiger charge is -2.22. The molecule has 1 aliphatic carbocycles. The molecule has 3 aromatic rings. The Kier molecular flexibility index (Phi) is 4.29. The highest BCUT2D eigenvalue weighted by Gasteiger charge is 2.25. The molecule has 1 saturated carbocycles. The molecular formula is C20H22N8. The van der Waals surface area contributed by atoms with E-state index >= 15 is 0 Å². The first-order valence-corrected chi connectivity index (χ1v) is 9.52. The summed E-state index contributed by atoms with van der Waals surface area (Å²) in [5, 5.41) is 8.98. The molecule has 4 heterocycles. The molecule has 8 nitrogen and oxygen atoms in total. The highest BCUT2D eigenvalue weighted by atomic mass is 15.5. The first-order chi connectivity index (χ1) is 13.8. The minimum atomic E-state index is 0.381. The van der Waals surface area contributed by atoms with Crippen LogP contribution in [-0.2, 0) is 0 Å². The van der Waals surface area contributed by atoms with Crippen molar-refractivity contribution in [3.05, 3.63) is 61.2 Å². The minimum absolute atomic E-state index is 0.381. The largest absolute Gasteiger partial charge is 0.367 e. The van der Waals surface area contributed by atoms with Gasteiger partial charge in [-0.25, -0.2) is 9.97 Å². The van der Waals surface area contributed by atoms with Crippen LogP contribution in [0.25, 0.3) is 11.2 Å². The SMILES string of the molecule is C1=CNN(c2ccc(N[C@H]3CC[C@H](Nc4nc5ncccc5[nH]4)C3)nc2)C=C1. The molecule has 0 spiro atoms. The number of fused-ring (bicyclic) bond motifs is 1. The summed E-state index contributed by atoms with van der Waals surface area (Å²) in [5.74, 6) is 1.69. The smallest absolute Gasteiger partial charge is 0.202 e. The van der Waals surface area contributed by atoms with E-state index < -0.39 is 0 Å². The Labute approximate surface area is 162 Å². The average Bonchev–Trinajstić information content (AvgIpc) is 3.35. The molecule has 2 aliphatic rings. The molecule has 0 bridgehead atoms. The number of imidazole rings is 1. The molecule has 4 N–H and O–H groups in total. The second-order valence-corrected chi connectivity index (χ2v) is 7.06. The predicted molar refractivity (Wildman–Crippen MR) is 111 cm³/mol. The Morgan fingerprint density at radius 1 is 1.04 bits per heavy atom. The van der Waals surface area contributed by atoms with E-state index in [1.165, 1.54) is 0 Å². The van der Waals surface area contributed by atoms with E-state index in [9.17, 15) is 0 Å². The van der Waals surface area contributed by atoms with Crippen molar-refractivity contribution in [3.8, 4) is 0 Å². The lowest BCUT2D eigenvalue weighted by atomic mass is 10.2. The van der Waals surface area contributed by atoms with E-state index in [-0.39, 0.29) is 0 Å². The Balaban J connectivity index is 1.17. The summed E-state index contributed by atoms with van der Waals surface area (Å²) in [7, 11) is 0. The standard InChI is InChI=1S/C20H22N8/c1-2-11-28(23-10-1)16-7-8-18(22-13-16)24-14-5-6-15(12-14)25-20-26-17-4-3-9-21-19(17)27-20/h1-4,7-11,13-15,23H,5-6,12H2,(H,22,24)(H2,21,25,26,27)/t14-,15-/m0/s1. The summed E-state index contributed by atoms with van der Waals surface area (Å²) in [5.41, 5.74) is 5.85. The molecule has 2 atom stereocenters. The zero-order valence-corrected chi connectivity index (χ0v) is 15.3. The number of rotatable bonds is 5. The van der Waals surface area contributed by atoms with Gasteiger partial charge in [0.15, 0.2) is 5.65 Å². The van der Waals surface area contributed by atoms with Crippen LogP contribution in [0.2, 0.25) is 0 Å². The normalized spacial score (nSPS) is 21.1. The van der Waals surface area contributed by atoms with E-state index in [0.717, 1.165) is 47.9 Å². The third-order valence-corrected chi connectivity index (χ3v) is 5.07. The summed E-state index contributed by atoms with van der Waals surface area (Å²) >= 11 is 0. The van der Waals surface area contributed by atoms with Gasteiger partial charge in [-0.05, 0) is 55.7 Å². The third kappa shape index (κ3) is 3.48. The van der Waals surface area contributed by atoms with Crippen molar-refractivity contribution in [1.29, 1.82) is 0 Å². The molecule has 5 rings (SSSR count). The van der Waals surface area contributed by atoms with Crippen molar-refractivity contribution >= 4 is 28.6 Å². The Morgan fingerprint density at radius 2 is 1.96 bits per heavy atom. The maximum absolute atomic E-state index is 4.56. The van der Waals surface area contributed by atoms with Crippen LogP contribution in [0.5, 0.6) is 0 Å². The van der Waals surface area contributed by atoms with Gasteiger partial charge in [0.1, 0.15) is 5.82 Å². The summed E-state index contributed by atoms with van der Waals surface area (Å²) in [6.45, 7) is 0. The fourth-order valence-corrected chi connectivity index (χ4v) is 3.69. The highest BCUT2D eigenvalue weighted by molar-refractivity contribution is 5.72. The molecule has 0 aromatic carbocycles. The number of H-pyrrole nitrogens is 1. The van der Waals surface area contributed by atoms with Crippen LogP contribution in [0.15, 0.2) is 61.2 Å². The Bertz CT molecular complexity index is 973. The molecule has 0 amide bonds. The third-order valence-electron chi connectivity index (χ3n) is 5.07. The molecule has 0 radical (unpaired) electrons. The van der Waals surface area contributed by atoms with Crippen LogP contribution >= 0.6 is 0 Å². The van der Waals surface area contributed by atoms with Crippen LogP contribution in [0, 0.1) is 0 Å². The molecule has 1 fully saturated rings. The number of allylic oxidation sites excluding steroid dienone is 2. The van der Waals surface area contributed by atoms with E-state index in [1.807, 2.05) is 54.0 Å². The van der Waals surface area contributed by atoms with Crippen LogP contribution in [-0.4, -0.2) is 32.0 Å². The molecular weight excluding hydrogens is 352 g/mol. The summed E-state index contributed by atoms with van der Waals surface area (Å²) < 4.78 is 0. The van der Waals surface area contributed by atoms with Crippen LogP contribution in [0.3, 0.4) is 0 Å². The maximum Gasteiger partial charge on any atom is 0.202 e. The topological polar surface area (TPSA) is 93.8 Å². The maximum atomic E-state index is 4.56. The van der Waals surface area contributed by atoms with Crippen molar-refractivity contribution in [2.45, 2.75) is 31.3 Å². The van der Waals surface area contributed by atoms with Crippen molar-refractivity contribution < 1.29 is 0 Å². The van der Waals surface area contributed by atoms with Gasteiger partial charge in [0.25, 0.3) is 0 Å². The molecule has 1 aliphatic heterocycles. The number of pyridine rings is 2. The summed E-state index contributed by atoms with van der Waals surface area (Å²) in [4.78, 5) is 16.6. The number of aromatic amines is 1. The number of hydrogen-bond donors (Lipinski definition) is 4. The second kappa shape index (κ2) is 7.22. The fraction of sp³-hybridized carbons (Fsp3) is 0.250. The van der Waals surface area contributed by atoms with E-state index in [2.05, 4.69) is 42.1 Å². The monoisotopic (exact) mass is 374 g/mol. The van der Waals surface area contributed by atoms with Crippen molar-refractivity contribution in [3.63, 3.8) is 0 Å². The van der Waals surface area contributed by atoms with Gasteiger partial charge < -0.3 is 21.0 Å². The van der Waals surface area contributed by atoms with Crippen molar-refractivity contribution in [2.24, 2.45) is 0 Å². The van der Waals surface area contributed by atoms with E-state index in [1.54, 1.807) is 6.20 Å². The predicted octanol–water partition coefficient (Wildman–Crippen LogP) is 3.15. The lowest BCUT2D eigenvalue weighted by Crippen LogP contribution is -2.30. The minimum Gasteiger partial charge on any atom is -0.367 e. The quantitative estimate of drug-likeness (QED) is 0.545. The molecule has 8 heteroatoms. The number of nitrogens with zero attached hydrogens (tertiary/aromatic N) is 4. The van der Waals surface area contributed by atoms with Gasteiger partial charge in [-0.2, -0.15) is 4.98 Å². The van der Waals surface area contributed by atoms with Gasteiger partial charge in [0, 0.05) is 30.7 Å². The summed E-state index contributed by atoms with van der Waals surface area (Å²) in [6, 6.07) is 8.75. The number of aromatic nitrogens is 4. The first kappa shape index (κ1) is 16.6. The van der Waals surface area contributed by atoms with Crippen LogP contribution in [0.4, 0.5) is 17.5 Å². The van der Waals surface area contributed by atoms with Gasteiger partial charge in [0.05, 0.1) is 17.4 Å². The van der Waals surface area contributed by atoms with Crippen LogP contribution < -0.4 is 21.1 Å². The second-order valence-electron chi connectivity index (χ2n) is 7.06.